The average molecular weight is 399 g/mol. The van der Waals surface area contributed by atoms with E-state index in [0.29, 0.717) is 11.8 Å². The molecule has 0 saturated heterocycles. The number of hydrogen-bond donors (Lipinski definition) is 0. The molecule has 3 aromatic carbocycles. The Balaban J connectivity index is 1.91. The molecule has 1 atom stereocenters. The third-order valence-electron chi connectivity index (χ3n) is 6.86. The van der Waals surface area contributed by atoms with Crippen molar-refractivity contribution in [3.63, 3.8) is 0 Å². The molecule has 0 saturated carbocycles. The van der Waals surface area contributed by atoms with Gasteiger partial charge >= 0.3 is 0 Å². The molecule has 1 heteroatoms. The lowest BCUT2D eigenvalue weighted by Crippen LogP contribution is -2.31. The molecule has 0 bridgehead atoms. The fraction of sp³-hybridized carbons (Fsp3) is 0.414. The van der Waals surface area contributed by atoms with E-state index in [1.807, 2.05) is 0 Å². The summed E-state index contributed by atoms with van der Waals surface area (Å²) in [4.78, 5) is 0. The Morgan fingerprint density at radius 3 is 1.93 bits per heavy atom. The third kappa shape index (κ3) is 3.49. The van der Waals surface area contributed by atoms with E-state index in [1.165, 1.54) is 33.2 Å². The zero-order chi connectivity index (χ0) is 21.7. The van der Waals surface area contributed by atoms with Gasteiger partial charge in [0.05, 0.1) is 5.41 Å². The van der Waals surface area contributed by atoms with E-state index in [9.17, 15) is 0 Å². The van der Waals surface area contributed by atoms with E-state index < -0.39 is 0 Å². The lowest BCUT2D eigenvalue weighted by molar-refractivity contribution is -0.513. The van der Waals surface area contributed by atoms with Crippen molar-refractivity contribution in [2.24, 2.45) is 0 Å². The van der Waals surface area contributed by atoms with Crippen LogP contribution in [0.5, 0.6) is 0 Å². The fourth-order valence-corrected chi connectivity index (χ4v) is 5.37. The smallest absolute Gasteiger partial charge is 0.196 e. The maximum Gasteiger partial charge on any atom is 0.212 e. The summed E-state index contributed by atoms with van der Waals surface area (Å²) in [7, 11) is 0. The SMILES string of the molecule is CC(C)c1cccc(C(C)C)c1[N+]1=C[C@@](C)(c2ccc3ccccc3c2)CC1(C)C. The molecule has 1 aliphatic rings. The first-order valence-corrected chi connectivity index (χ1v) is 11.4. The van der Waals surface area contributed by atoms with Crippen LogP contribution in [-0.4, -0.2) is 16.3 Å². The summed E-state index contributed by atoms with van der Waals surface area (Å²) in [6.45, 7) is 16.5. The van der Waals surface area contributed by atoms with E-state index in [0.717, 1.165) is 6.42 Å². The highest BCUT2D eigenvalue weighted by molar-refractivity contribution is 5.85. The van der Waals surface area contributed by atoms with Crippen LogP contribution in [0.25, 0.3) is 10.8 Å². The first-order chi connectivity index (χ1) is 14.1. The van der Waals surface area contributed by atoms with E-state index in [4.69, 9.17) is 0 Å². The largest absolute Gasteiger partial charge is 0.212 e. The summed E-state index contributed by atoms with van der Waals surface area (Å²) in [5, 5.41) is 2.64. The molecule has 0 radical (unpaired) electrons. The molecule has 0 aliphatic carbocycles. The second-order valence-electron chi connectivity index (χ2n) is 10.6. The van der Waals surface area contributed by atoms with Crippen molar-refractivity contribution < 1.29 is 4.58 Å². The number of para-hydroxylation sites is 1. The summed E-state index contributed by atoms with van der Waals surface area (Å²) in [5.74, 6) is 0.992. The fourth-order valence-electron chi connectivity index (χ4n) is 5.37. The Morgan fingerprint density at radius 1 is 0.733 bits per heavy atom. The molecule has 0 spiro atoms. The van der Waals surface area contributed by atoms with Gasteiger partial charge in [0.15, 0.2) is 11.8 Å². The predicted octanol–water partition coefficient (Wildman–Crippen LogP) is 7.94. The van der Waals surface area contributed by atoms with Crippen LogP contribution in [0.1, 0.15) is 83.4 Å². The van der Waals surface area contributed by atoms with Crippen molar-refractivity contribution in [2.75, 3.05) is 0 Å². The van der Waals surface area contributed by atoms with Gasteiger partial charge < -0.3 is 0 Å². The van der Waals surface area contributed by atoms with Gasteiger partial charge in [-0.2, -0.15) is 4.58 Å². The summed E-state index contributed by atoms with van der Waals surface area (Å²) in [6.07, 6.45) is 3.62. The molecular formula is C29H36N+. The topological polar surface area (TPSA) is 3.01 Å². The Kier molecular flexibility index (Phi) is 5.12. The summed E-state index contributed by atoms with van der Waals surface area (Å²) < 4.78 is 2.60. The van der Waals surface area contributed by atoms with Gasteiger partial charge in [0.25, 0.3) is 0 Å². The Bertz CT molecular complexity index is 1090. The monoisotopic (exact) mass is 398 g/mol. The van der Waals surface area contributed by atoms with Crippen LogP contribution >= 0.6 is 0 Å². The van der Waals surface area contributed by atoms with Gasteiger partial charge in [-0.05, 0) is 35.1 Å². The quantitative estimate of drug-likeness (QED) is 0.392. The maximum absolute atomic E-state index is 2.60. The van der Waals surface area contributed by atoms with Crippen LogP contribution in [0.4, 0.5) is 5.69 Å². The van der Waals surface area contributed by atoms with Crippen molar-refractivity contribution in [1.82, 2.24) is 0 Å². The third-order valence-corrected chi connectivity index (χ3v) is 6.86. The molecule has 1 nitrogen and oxygen atoms in total. The first-order valence-electron chi connectivity index (χ1n) is 11.4. The van der Waals surface area contributed by atoms with E-state index >= 15 is 0 Å². The van der Waals surface area contributed by atoms with Crippen molar-refractivity contribution >= 4 is 22.7 Å². The molecule has 0 fully saturated rings. The van der Waals surface area contributed by atoms with Gasteiger partial charge in [-0.1, -0.05) is 88.4 Å². The van der Waals surface area contributed by atoms with Crippen molar-refractivity contribution in [3.8, 4) is 0 Å². The number of nitrogens with zero attached hydrogens (tertiary/aromatic N) is 1. The average Bonchev–Trinajstić information content (AvgIpc) is 2.96. The van der Waals surface area contributed by atoms with Gasteiger partial charge in [-0.25, -0.2) is 0 Å². The minimum absolute atomic E-state index is 0.00583. The Morgan fingerprint density at radius 2 is 1.33 bits per heavy atom. The summed E-state index contributed by atoms with van der Waals surface area (Å²) in [5.41, 5.74) is 5.80. The molecule has 156 valence electrons. The Labute approximate surface area is 182 Å². The van der Waals surface area contributed by atoms with Crippen LogP contribution in [0.15, 0.2) is 60.7 Å². The minimum atomic E-state index is 0.00583. The van der Waals surface area contributed by atoms with E-state index in [2.05, 4.69) is 120 Å². The molecule has 0 aromatic heterocycles. The van der Waals surface area contributed by atoms with Gasteiger partial charge in [0, 0.05) is 31.4 Å². The lowest BCUT2D eigenvalue weighted by atomic mass is 9.77. The zero-order valence-corrected chi connectivity index (χ0v) is 19.7. The molecular weight excluding hydrogens is 362 g/mol. The minimum Gasteiger partial charge on any atom is -0.196 e. The predicted molar refractivity (Wildman–Crippen MR) is 131 cm³/mol. The number of rotatable bonds is 4. The van der Waals surface area contributed by atoms with Crippen molar-refractivity contribution in [3.05, 3.63) is 77.4 Å². The van der Waals surface area contributed by atoms with Gasteiger partial charge in [0.2, 0.25) is 5.69 Å². The van der Waals surface area contributed by atoms with Crippen LogP contribution in [0, 0.1) is 0 Å². The van der Waals surface area contributed by atoms with Crippen LogP contribution < -0.4 is 0 Å². The first kappa shape index (κ1) is 20.8. The molecule has 0 unspecified atom stereocenters. The molecule has 30 heavy (non-hydrogen) atoms. The maximum atomic E-state index is 2.60. The van der Waals surface area contributed by atoms with Crippen LogP contribution in [0.2, 0.25) is 0 Å². The second-order valence-corrected chi connectivity index (χ2v) is 10.6. The van der Waals surface area contributed by atoms with Gasteiger partial charge in [-0.15, -0.1) is 0 Å². The van der Waals surface area contributed by atoms with E-state index in [1.54, 1.807) is 0 Å². The van der Waals surface area contributed by atoms with Crippen molar-refractivity contribution in [1.29, 1.82) is 0 Å². The van der Waals surface area contributed by atoms with Gasteiger partial charge in [-0.3, -0.25) is 0 Å². The summed E-state index contributed by atoms with van der Waals surface area (Å²) in [6, 6.07) is 22.6. The molecule has 0 amide bonds. The normalized spacial score (nSPS) is 20.9. The zero-order valence-electron chi connectivity index (χ0n) is 19.7. The highest BCUT2D eigenvalue weighted by Crippen LogP contribution is 2.45. The number of hydrogen-bond acceptors (Lipinski definition) is 0. The molecule has 1 aliphatic heterocycles. The van der Waals surface area contributed by atoms with Crippen LogP contribution in [0.3, 0.4) is 0 Å². The molecule has 1 heterocycles. The van der Waals surface area contributed by atoms with E-state index in [-0.39, 0.29) is 11.0 Å². The molecule has 0 N–H and O–H groups in total. The highest BCUT2D eigenvalue weighted by Gasteiger charge is 2.50. The van der Waals surface area contributed by atoms with Gasteiger partial charge in [0.1, 0.15) is 0 Å². The number of benzene rings is 3. The lowest BCUT2D eigenvalue weighted by Gasteiger charge is -2.24. The van der Waals surface area contributed by atoms with Crippen molar-refractivity contribution in [2.45, 2.75) is 77.7 Å². The van der Waals surface area contributed by atoms with Crippen LogP contribution in [-0.2, 0) is 5.41 Å². The molecule has 4 rings (SSSR count). The highest BCUT2D eigenvalue weighted by atomic mass is 15.1. The summed E-state index contributed by atoms with van der Waals surface area (Å²) >= 11 is 0. The Hall–Kier alpha value is -2.41. The molecule has 3 aromatic rings. The number of fused-ring (bicyclic) bond motifs is 1. The second kappa shape index (κ2) is 7.38. The standard InChI is InChI=1S/C29H36N/c1-20(2)25-13-10-14-26(21(3)4)27(25)30-19-29(7,18-28(30,5)6)24-16-15-22-11-8-9-12-23(22)17-24/h8-17,19-21H,18H2,1-7H3/q+1/t29-/m0/s1.